The van der Waals surface area contributed by atoms with Crippen LogP contribution in [0.1, 0.15) is 0 Å². The number of hydrogen-bond acceptors (Lipinski definition) is 4. The van der Waals surface area contributed by atoms with Gasteiger partial charge in [0, 0.05) is 5.38 Å². The lowest BCUT2D eigenvalue weighted by Crippen LogP contribution is -1.74. The zero-order valence-corrected chi connectivity index (χ0v) is 5.80. The van der Waals surface area contributed by atoms with Crippen molar-refractivity contribution in [1.29, 1.82) is 0 Å². The van der Waals surface area contributed by atoms with Crippen molar-refractivity contribution in [3.05, 3.63) is 17.8 Å². The summed E-state index contributed by atoms with van der Waals surface area (Å²) in [5.74, 6) is 0.287. The molecule has 0 saturated heterocycles. The van der Waals surface area contributed by atoms with Crippen LogP contribution in [0.2, 0.25) is 0 Å². The molecule has 0 aliphatic carbocycles. The Balaban J connectivity index is 2.93. The summed E-state index contributed by atoms with van der Waals surface area (Å²) in [6.07, 6.45) is 3.20. The number of aromatic hydroxyl groups is 1. The molecule has 2 aromatic heterocycles. The summed E-state index contributed by atoms with van der Waals surface area (Å²) in [5.41, 5.74) is 0. The topological polar surface area (TPSA) is 46.0 Å². The van der Waals surface area contributed by atoms with Crippen molar-refractivity contribution < 1.29 is 5.11 Å². The van der Waals surface area contributed by atoms with Crippen LogP contribution in [0.5, 0.6) is 5.75 Å². The summed E-state index contributed by atoms with van der Waals surface area (Å²) in [6, 6.07) is 0. The van der Waals surface area contributed by atoms with Crippen LogP contribution in [0.3, 0.4) is 0 Å². The van der Waals surface area contributed by atoms with E-state index < -0.39 is 0 Å². The lowest BCUT2D eigenvalue weighted by molar-refractivity contribution is 0.483. The summed E-state index contributed by atoms with van der Waals surface area (Å²) < 4.78 is 0.965. The molecule has 0 aromatic carbocycles. The first kappa shape index (κ1) is 5.61. The van der Waals surface area contributed by atoms with Gasteiger partial charge in [-0.3, -0.25) is 0 Å². The van der Waals surface area contributed by atoms with E-state index in [9.17, 15) is 0 Å². The number of nitrogens with zero attached hydrogens (tertiary/aromatic N) is 2. The fourth-order valence-corrected chi connectivity index (χ4v) is 1.54. The van der Waals surface area contributed by atoms with E-state index in [1.54, 1.807) is 17.8 Å². The Labute approximate surface area is 61.0 Å². The monoisotopic (exact) mass is 152 g/mol. The maximum Gasteiger partial charge on any atom is 0.135 e. The molecule has 0 aliphatic rings. The maximum absolute atomic E-state index is 9.15. The van der Waals surface area contributed by atoms with Crippen LogP contribution in [0, 0.1) is 0 Å². The molecule has 4 heteroatoms. The molecule has 0 fully saturated rings. The van der Waals surface area contributed by atoms with E-state index >= 15 is 0 Å². The summed E-state index contributed by atoms with van der Waals surface area (Å²) in [4.78, 5) is 0. The van der Waals surface area contributed by atoms with Gasteiger partial charge in [0.2, 0.25) is 0 Å². The molecule has 10 heavy (non-hydrogen) atoms. The Morgan fingerprint density at radius 1 is 1.30 bits per heavy atom. The smallest absolute Gasteiger partial charge is 0.135 e. The van der Waals surface area contributed by atoms with E-state index in [0.717, 1.165) is 10.1 Å². The SMILES string of the molecule is Oc1csc2cnncc12. The predicted octanol–water partition coefficient (Wildman–Crippen LogP) is 1.40. The van der Waals surface area contributed by atoms with Crippen LogP contribution < -0.4 is 0 Å². The molecule has 2 heterocycles. The van der Waals surface area contributed by atoms with Crippen LogP contribution in [-0.4, -0.2) is 15.3 Å². The van der Waals surface area contributed by atoms with Gasteiger partial charge in [-0.15, -0.1) is 11.3 Å². The minimum Gasteiger partial charge on any atom is -0.506 e. The van der Waals surface area contributed by atoms with E-state index in [4.69, 9.17) is 5.11 Å². The molecule has 3 nitrogen and oxygen atoms in total. The fraction of sp³-hybridized carbons (Fsp3) is 0. The van der Waals surface area contributed by atoms with Crippen LogP contribution >= 0.6 is 11.3 Å². The molecule has 2 rings (SSSR count). The van der Waals surface area contributed by atoms with Gasteiger partial charge in [-0.2, -0.15) is 10.2 Å². The van der Waals surface area contributed by atoms with E-state index in [0.29, 0.717) is 0 Å². The lowest BCUT2D eigenvalue weighted by Gasteiger charge is -1.84. The summed E-state index contributed by atoms with van der Waals surface area (Å²) in [7, 11) is 0. The number of rotatable bonds is 0. The van der Waals surface area contributed by atoms with E-state index in [1.807, 2.05) is 0 Å². The minimum atomic E-state index is 0.287. The third-order valence-electron chi connectivity index (χ3n) is 1.27. The van der Waals surface area contributed by atoms with Crippen LogP contribution in [0.15, 0.2) is 17.8 Å². The van der Waals surface area contributed by atoms with Gasteiger partial charge < -0.3 is 5.11 Å². The molecule has 0 saturated carbocycles. The second-order valence-corrected chi connectivity index (χ2v) is 2.80. The summed E-state index contributed by atoms with van der Waals surface area (Å²) in [5, 5.41) is 18.9. The Bertz CT molecular complexity index is 357. The van der Waals surface area contributed by atoms with Crippen molar-refractivity contribution in [2.24, 2.45) is 0 Å². The first-order valence-electron chi connectivity index (χ1n) is 2.75. The highest BCUT2D eigenvalue weighted by molar-refractivity contribution is 7.17. The molecule has 0 radical (unpaired) electrons. The van der Waals surface area contributed by atoms with Gasteiger partial charge in [-0.1, -0.05) is 0 Å². The molecule has 0 amide bonds. The largest absolute Gasteiger partial charge is 0.506 e. The Morgan fingerprint density at radius 2 is 2.10 bits per heavy atom. The van der Waals surface area contributed by atoms with E-state index in [-0.39, 0.29) is 5.75 Å². The zero-order valence-electron chi connectivity index (χ0n) is 4.98. The third kappa shape index (κ3) is 0.657. The fourth-order valence-electron chi connectivity index (χ4n) is 0.779. The van der Waals surface area contributed by atoms with Gasteiger partial charge in [0.1, 0.15) is 5.75 Å². The molecule has 50 valence electrons. The second kappa shape index (κ2) is 1.91. The number of hydrogen-bond donors (Lipinski definition) is 1. The van der Waals surface area contributed by atoms with Gasteiger partial charge in [0.05, 0.1) is 22.5 Å². The molecule has 0 unspecified atom stereocenters. The van der Waals surface area contributed by atoms with Gasteiger partial charge in [-0.25, -0.2) is 0 Å². The maximum atomic E-state index is 9.15. The second-order valence-electron chi connectivity index (χ2n) is 1.89. The van der Waals surface area contributed by atoms with Crippen LogP contribution in [0.25, 0.3) is 10.1 Å². The summed E-state index contributed by atoms with van der Waals surface area (Å²) >= 11 is 1.46. The van der Waals surface area contributed by atoms with Gasteiger partial charge >= 0.3 is 0 Å². The quantitative estimate of drug-likeness (QED) is 0.620. The molecule has 1 N–H and O–H groups in total. The predicted molar refractivity (Wildman–Crippen MR) is 39.1 cm³/mol. The van der Waals surface area contributed by atoms with Crippen molar-refractivity contribution in [3.8, 4) is 5.75 Å². The van der Waals surface area contributed by atoms with Crippen molar-refractivity contribution in [2.45, 2.75) is 0 Å². The van der Waals surface area contributed by atoms with Gasteiger partial charge in [-0.05, 0) is 0 Å². The first-order chi connectivity index (χ1) is 4.88. The molecule has 0 aliphatic heterocycles. The molecule has 0 bridgehead atoms. The highest BCUT2D eigenvalue weighted by Crippen LogP contribution is 2.28. The lowest BCUT2D eigenvalue weighted by atomic mass is 10.4. The third-order valence-corrected chi connectivity index (χ3v) is 2.19. The average Bonchev–Trinajstić information content (AvgIpc) is 2.34. The molecular formula is C6H4N2OS. The molecule has 0 atom stereocenters. The van der Waals surface area contributed by atoms with Crippen LogP contribution in [0.4, 0.5) is 0 Å². The highest BCUT2D eigenvalue weighted by Gasteiger charge is 1.99. The Hall–Kier alpha value is -1.16. The number of aromatic nitrogens is 2. The normalized spacial score (nSPS) is 10.4. The van der Waals surface area contributed by atoms with Gasteiger partial charge in [0.25, 0.3) is 0 Å². The highest BCUT2D eigenvalue weighted by atomic mass is 32.1. The van der Waals surface area contributed by atoms with Crippen molar-refractivity contribution in [1.82, 2.24) is 10.2 Å². The average molecular weight is 152 g/mol. The van der Waals surface area contributed by atoms with E-state index in [1.165, 1.54) is 11.3 Å². The Kier molecular flexibility index (Phi) is 1.07. The summed E-state index contributed by atoms with van der Waals surface area (Å²) in [6.45, 7) is 0. The molecular weight excluding hydrogens is 148 g/mol. The number of fused-ring (bicyclic) bond motifs is 1. The first-order valence-corrected chi connectivity index (χ1v) is 3.63. The van der Waals surface area contributed by atoms with Gasteiger partial charge in [0.15, 0.2) is 0 Å². The van der Waals surface area contributed by atoms with Crippen molar-refractivity contribution >= 4 is 21.4 Å². The molecule has 0 spiro atoms. The standard InChI is InChI=1S/C6H4N2OS/c9-5-3-10-6-2-8-7-1-4(5)6/h1-3,9H. The van der Waals surface area contributed by atoms with Crippen molar-refractivity contribution in [2.75, 3.05) is 0 Å². The van der Waals surface area contributed by atoms with Crippen LogP contribution in [-0.2, 0) is 0 Å². The van der Waals surface area contributed by atoms with E-state index in [2.05, 4.69) is 10.2 Å². The zero-order chi connectivity index (χ0) is 6.97. The van der Waals surface area contributed by atoms with Crippen molar-refractivity contribution in [3.63, 3.8) is 0 Å². The molecule has 2 aromatic rings. The Morgan fingerprint density at radius 3 is 2.90 bits per heavy atom. The minimum absolute atomic E-state index is 0.287. The number of thiophene rings is 1.